The number of aromatic nitrogens is 2. The van der Waals surface area contributed by atoms with Crippen molar-refractivity contribution in [2.45, 2.75) is 13.8 Å². The van der Waals surface area contributed by atoms with Crippen LogP contribution in [0.15, 0.2) is 53.5 Å². The van der Waals surface area contributed by atoms with Gasteiger partial charge in [0, 0.05) is 0 Å². The second-order valence-corrected chi connectivity index (χ2v) is 6.07. The third-order valence-corrected chi connectivity index (χ3v) is 3.89. The van der Waals surface area contributed by atoms with Gasteiger partial charge in [-0.1, -0.05) is 17.7 Å². The van der Waals surface area contributed by atoms with Gasteiger partial charge in [0.2, 0.25) is 5.75 Å². The smallest absolute Gasteiger partial charge is 0.316 e. The number of rotatable bonds is 4. The van der Waals surface area contributed by atoms with Gasteiger partial charge < -0.3 is 9.47 Å². The first kappa shape index (κ1) is 17.0. The molecule has 0 aliphatic rings. The molecule has 0 radical (unpaired) electrons. The van der Waals surface area contributed by atoms with Gasteiger partial charge in [-0.05, 0) is 61.4 Å². The zero-order valence-electron chi connectivity index (χ0n) is 14.1. The van der Waals surface area contributed by atoms with E-state index in [2.05, 4.69) is 5.10 Å². The lowest BCUT2D eigenvalue weighted by Gasteiger charge is -2.11. The molecular weight excluding hydrogens is 340 g/mol. The van der Waals surface area contributed by atoms with Crippen molar-refractivity contribution in [3.8, 4) is 22.9 Å². The molecule has 0 aliphatic carbocycles. The number of hydrogen-bond donors (Lipinski definition) is 0. The van der Waals surface area contributed by atoms with Gasteiger partial charge in [-0.25, -0.2) is 0 Å². The van der Waals surface area contributed by atoms with Crippen molar-refractivity contribution in [3.63, 3.8) is 0 Å². The first-order chi connectivity index (χ1) is 12.0. The third-order valence-electron chi connectivity index (χ3n) is 3.62. The van der Waals surface area contributed by atoms with Gasteiger partial charge in [-0.3, -0.25) is 4.79 Å². The van der Waals surface area contributed by atoms with Crippen molar-refractivity contribution in [1.82, 2.24) is 9.78 Å². The maximum Gasteiger partial charge on any atom is 0.316 e. The number of hydrogen-bond acceptors (Lipinski definition) is 4. The predicted molar refractivity (Wildman–Crippen MR) is 97.4 cm³/mol. The van der Waals surface area contributed by atoms with Crippen LogP contribution in [0.2, 0.25) is 5.02 Å². The van der Waals surface area contributed by atoms with Gasteiger partial charge in [0.05, 0.1) is 19.0 Å². The molecule has 0 atom stereocenters. The maximum absolute atomic E-state index is 12.8. The lowest BCUT2D eigenvalue weighted by atomic mass is 10.1. The Morgan fingerprint density at radius 3 is 2.20 bits per heavy atom. The Bertz CT molecular complexity index is 945. The van der Waals surface area contributed by atoms with Crippen molar-refractivity contribution in [1.29, 1.82) is 0 Å². The van der Waals surface area contributed by atoms with Crippen LogP contribution in [0.1, 0.15) is 11.1 Å². The second-order valence-electron chi connectivity index (χ2n) is 5.66. The minimum absolute atomic E-state index is 0.0287. The highest BCUT2D eigenvalue weighted by Gasteiger charge is 2.14. The Morgan fingerprint density at radius 1 is 1.00 bits per heavy atom. The summed E-state index contributed by atoms with van der Waals surface area (Å²) in [5.41, 5.74) is 2.32. The summed E-state index contributed by atoms with van der Waals surface area (Å²) in [6.07, 6.45) is 1.40. The number of halogens is 1. The summed E-state index contributed by atoms with van der Waals surface area (Å²) in [4.78, 5) is 12.8. The molecule has 0 unspecified atom stereocenters. The molecule has 0 aliphatic heterocycles. The maximum atomic E-state index is 12.8. The van der Waals surface area contributed by atoms with E-state index in [9.17, 15) is 4.79 Å². The number of methoxy groups -OCH3 is 1. The zero-order valence-corrected chi connectivity index (χ0v) is 14.9. The molecule has 0 saturated carbocycles. The van der Waals surface area contributed by atoms with Crippen LogP contribution in [-0.4, -0.2) is 16.9 Å². The third kappa shape index (κ3) is 3.67. The van der Waals surface area contributed by atoms with Crippen LogP contribution in [0.4, 0.5) is 0 Å². The van der Waals surface area contributed by atoms with Gasteiger partial charge >= 0.3 is 5.56 Å². The van der Waals surface area contributed by atoms with Crippen LogP contribution in [0.25, 0.3) is 5.69 Å². The minimum Gasteiger partial charge on any atom is -0.497 e. The van der Waals surface area contributed by atoms with Crippen LogP contribution < -0.4 is 15.0 Å². The first-order valence-corrected chi connectivity index (χ1v) is 8.04. The highest BCUT2D eigenvalue weighted by atomic mass is 35.5. The number of benzene rings is 2. The molecule has 25 heavy (non-hydrogen) atoms. The molecule has 0 spiro atoms. The van der Waals surface area contributed by atoms with Crippen LogP contribution in [0, 0.1) is 13.8 Å². The van der Waals surface area contributed by atoms with Crippen molar-refractivity contribution < 1.29 is 9.47 Å². The molecule has 0 bridgehead atoms. The van der Waals surface area contributed by atoms with E-state index in [-0.39, 0.29) is 10.8 Å². The Kier molecular flexibility index (Phi) is 4.76. The van der Waals surface area contributed by atoms with Gasteiger partial charge in [0.25, 0.3) is 0 Å². The summed E-state index contributed by atoms with van der Waals surface area (Å²) in [6, 6.07) is 12.7. The van der Waals surface area contributed by atoms with Crippen molar-refractivity contribution >= 4 is 11.6 Å². The van der Waals surface area contributed by atoms with Crippen LogP contribution in [0.5, 0.6) is 17.2 Å². The Morgan fingerprint density at radius 2 is 1.60 bits per heavy atom. The van der Waals surface area contributed by atoms with Gasteiger partial charge in [0.15, 0.2) is 0 Å². The lowest BCUT2D eigenvalue weighted by molar-refractivity contribution is 0.412. The average Bonchev–Trinajstić information content (AvgIpc) is 2.58. The topological polar surface area (TPSA) is 53.4 Å². The van der Waals surface area contributed by atoms with Crippen molar-refractivity contribution in [2.75, 3.05) is 7.11 Å². The van der Waals surface area contributed by atoms with E-state index in [1.807, 2.05) is 32.0 Å². The Balaban J connectivity index is 2.03. The van der Waals surface area contributed by atoms with Crippen LogP contribution >= 0.6 is 11.6 Å². The van der Waals surface area contributed by atoms with E-state index < -0.39 is 5.56 Å². The molecular formula is C19H17ClN2O3. The molecule has 5 nitrogen and oxygen atoms in total. The summed E-state index contributed by atoms with van der Waals surface area (Å²) in [5.74, 6) is 1.21. The van der Waals surface area contributed by atoms with Crippen LogP contribution in [0.3, 0.4) is 0 Å². The van der Waals surface area contributed by atoms with Gasteiger partial charge in [0.1, 0.15) is 16.5 Å². The van der Waals surface area contributed by atoms with E-state index in [4.69, 9.17) is 21.1 Å². The average molecular weight is 357 g/mol. The summed E-state index contributed by atoms with van der Waals surface area (Å²) < 4.78 is 12.1. The zero-order chi connectivity index (χ0) is 18.0. The molecule has 6 heteroatoms. The van der Waals surface area contributed by atoms with Gasteiger partial charge in [-0.15, -0.1) is 0 Å². The summed E-state index contributed by atoms with van der Waals surface area (Å²) in [7, 11) is 1.58. The standard InChI is InChI=1S/C19H17ClN2O3/c1-12-8-13(2)10-14(9-12)22-19(23)18(17(20)11-21-22)25-16-6-4-15(24-3)5-7-16/h4-11H,1-3H3. The number of nitrogens with zero attached hydrogens (tertiary/aromatic N) is 2. The Labute approximate surface area is 150 Å². The van der Waals surface area contributed by atoms with E-state index in [0.717, 1.165) is 11.1 Å². The summed E-state index contributed by atoms with van der Waals surface area (Å²) in [5, 5.41) is 4.29. The molecule has 0 fully saturated rings. The summed E-state index contributed by atoms with van der Waals surface area (Å²) >= 11 is 6.13. The predicted octanol–water partition coefficient (Wildman–Crippen LogP) is 4.30. The van der Waals surface area contributed by atoms with Gasteiger partial charge in [-0.2, -0.15) is 9.78 Å². The largest absolute Gasteiger partial charge is 0.497 e. The molecule has 0 amide bonds. The SMILES string of the molecule is COc1ccc(Oc2c(Cl)cnn(-c3cc(C)cc(C)c3)c2=O)cc1. The van der Waals surface area contributed by atoms with E-state index >= 15 is 0 Å². The second kappa shape index (κ2) is 6.99. The van der Waals surface area contributed by atoms with Crippen molar-refractivity contribution in [3.05, 3.63) is 75.2 Å². The number of ether oxygens (including phenoxy) is 2. The van der Waals surface area contributed by atoms with E-state index in [1.165, 1.54) is 10.9 Å². The molecule has 128 valence electrons. The Hall–Kier alpha value is -2.79. The van der Waals surface area contributed by atoms with E-state index in [1.54, 1.807) is 31.4 Å². The fourth-order valence-corrected chi connectivity index (χ4v) is 2.69. The molecule has 3 aromatic rings. The highest BCUT2D eigenvalue weighted by Crippen LogP contribution is 2.27. The van der Waals surface area contributed by atoms with E-state index in [0.29, 0.717) is 17.2 Å². The molecule has 1 heterocycles. The van der Waals surface area contributed by atoms with Crippen LogP contribution in [-0.2, 0) is 0 Å². The fourth-order valence-electron chi connectivity index (χ4n) is 2.53. The monoisotopic (exact) mass is 356 g/mol. The molecule has 0 N–H and O–H groups in total. The molecule has 2 aromatic carbocycles. The first-order valence-electron chi connectivity index (χ1n) is 7.66. The minimum atomic E-state index is -0.423. The number of aryl methyl sites for hydroxylation is 2. The lowest BCUT2D eigenvalue weighted by Crippen LogP contribution is -2.22. The molecule has 1 aromatic heterocycles. The quantitative estimate of drug-likeness (QED) is 0.699. The highest BCUT2D eigenvalue weighted by molar-refractivity contribution is 6.31. The van der Waals surface area contributed by atoms with Crippen molar-refractivity contribution in [2.24, 2.45) is 0 Å². The summed E-state index contributed by atoms with van der Waals surface area (Å²) in [6.45, 7) is 3.93. The fraction of sp³-hybridized carbons (Fsp3) is 0.158. The molecule has 0 saturated heterocycles. The molecule has 3 rings (SSSR count). The normalized spacial score (nSPS) is 10.6.